The first-order chi connectivity index (χ1) is 9.08. The van der Waals surface area contributed by atoms with Crippen molar-refractivity contribution >= 4 is 24.2 Å². The van der Waals surface area contributed by atoms with Crippen molar-refractivity contribution < 1.29 is 9.59 Å². The molecule has 5 nitrogen and oxygen atoms in total. The standard InChI is InChI=1S/C14H25N3O2.ClH/c15-11-6-3-4-9(11)8-13(18)17-12-7-2-1-5-10(12)14(16)19;/h9-12H,1-8,15H2,(H2,16,19)(H,17,18);1H/t9-,10?,11+,12?;/m0./s1. The summed E-state index contributed by atoms with van der Waals surface area (Å²) in [6.07, 6.45) is 7.39. The molecule has 20 heavy (non-hydrogen) atoms. The monoisotopic (exact) mass is 303 g/mol. The maximum absolute atomic E-state index is 12.1. The van der Waals surface area contributed by atoms with Gasteiger partial charge in [-0.2, -0.15) is 0 Å². The smallest absolute Gasteiger partial charge is 0.222 e. The highest BCUT2D eigenvalue weighted by molar-refractivity contribution is 5.85. The predicted molar refractivity (Wildman–Crippen MR) is 80.3 cm³/mol. The van der Waals surface area contributed by atoms with Crippen molar-refractivity contribution in [2.24, 2.45) is 23.3 Å². The molecule has 4 atom stereocenters. The Labute approximate surface area is 126 Å². The van der Waals surface area contributed by atoms with E-state index in [2.05, 4.69) is 5.32 Å². The third kappa shape index (κ3) is 4.35. The number of halogens is 1. The fraction of sp³-hybridized carbons (Fsp3) is 0.857. The number of amides is 2. The summed E-state index contributed by atoms with van der Waals surface area (Å²) in [5, 5.41) is 3.00. The quantitative estimate of drug-likeness (QED) is 0.725. The summed E-state index contributed by atoms with van der Waals surface area (Å²) in [4.78, 5) is 23.5. The highest BCUT2D eigenvalue weighted by Gasteiger charge is 2.32. The first kappa shape index (κ1) is 17.2. The van der Waals surface area contributed by atoms with E-state index in [1.54, 1.807) is 0 Å². The fourth-order valence-corrected chi connectivity index (χ4v) is 3.47. The lowest BCUT2D eigenvalue weighted by Crippen LogP contribution is -2.47. The second kappa shape index (κ2) is 7.84. The first-order valence-corrected chi connectivity index (χ1v) is 7.42. The molecule has 2 rings (SSSR count). The van der Waals surface area contributed by atoms with Crippen LogP contribution in [0, 0.1) is 11.8 Å². The maximum atomic E-state index is 12.1. The van der Waals surface area contributed by atoms with Crippen molar-refractivity contribution in [2.75, 3.05) is 0 Å². The number of primary amides is 1. The van der Waals surface area contributed by atoms with Gasteiger partial charge in [-0.1, -0.05) is 19.3 Å². The van der Waals surface area contributed by atoms with Gasteiger partial charge in [0.2, 0.25) is 11.8 Å². The highest BCUT2D eigenvalue weighted by Crippen LogP contribution is 2.28. The molecule has 0 aromatic rings. The summed E-state index contributed by atoms with van der Waals surface area (Å²) in [5.74, 6) is -0.159. The van der Waals surface area contributed by atoms with E-state index in [0.29, 0.717) is 12.3 Å². The molecule has 0 aliphatic heterocycles. The summed E-state index contributed by atoms with van der Waals surface area (Å²) in [6.45, 7) is 0. The number of hydrogen-bond donors (Lipinski definition) is 3. The Morgan fingerprint density at radius 2 is 1.75 bits per heavy atom. The average molecular weight is 304 g/mol. The van der Waals surface area contributed by atoms with Gasteiger partial charge in [0.15, 0.2) is 0 Å². The summed E-state index contributed by atoms with van der Waals surface area (Å²) in [7, 11) is 0. The average Bonchev–Trinajstić information content (AvgIpc) is 2.75. The lowest BCUT2D eigenvalue weighted by atomic mass is 9.84. The second-order valence-electron chi connectivity index (χ2n) is 6.03. The Hall–Kier alpha value is -0.810. The Morgan fingerprint density at radius 3 is 2.35 bits per heavy atom. The van der Waals surface area contributed by atoms with E-state index >= 15 is 0 Å². The molecule has 0 aromatic heterocycles. The number of nitrogens with two attached hydrogens (primary N) is 2. The molecule has 116 valence electrons. The van der Waals surface area contributed by atoms with Gasteiger partial charge in [-0.25, -0.2) is 0 Å². The minimum atomic E-state index is -0.289. The number of rotatable bonds is 4. The molecule has 2 amide bonds. The van der Waals surface area contributed by atoms with Gasteiger partial charge in [0.1, 0.15) is 0 Å². The third-order valence-electron chi connectivity index (χ3n) is 4.64. The summed E-state index contributed by atoms with van der Waals surface area (Å²) >= 11 is 0. The van der Waals surface area contributed by atoms with Crippen LogP contribution < -0.4 is 16.8 Å². The SMILES string of the molecule is Cl.NC(=O)C1CCCCC1NC(=O)C[C@@H]1CCC[C@H]1N. The van der Waals surface area contributed by atoms with Gasteiger partial charge < -0.3 is 16.8 Å². The Bertz CT molecular complexity index is 351. The molecule has 2 fully saturated rings. The van der Waals surface area contributed by atoms with Crippen LogP contribution >= 0.6 is 12.4 Å². The minimum Gasteiger partial charge on any atom is -0.369 e. The van der Waals surface area contributed by atoms with E-state index in [9.17, 15) is 9.59 Å². The van der Waals surface area contributed by atoms with Gasteiger partial charge in [0, 0.05) is 18.5 Å². The van der Waals surface area contributed by atoms with E-state index in [4.69, 9.17) is 11.5 Å². The van der Waals surface area contributed by atoms with Crippen LogP contribution in [-0.2, 0) is 9.59 Å². The fourth-order valence-electron chi connectivity index (χ4n) is 3.47. The van der Waals surface area contributed by atoms with E-state index in [0.717, 1.165) is 44.9 Å². The minimum absolute atomic E-state index is 0. The van der Waals surface area contributed by atoms with Crippen molar-refractivity contribution in [2.45, 2.75) is 63.5 Å². The molecule has 2 unspecified atom stereocenters. The van der Waals surface area contributed by atoms with E-state index in [1.807, 2.05) is 0 Å². The van der Waals surface area contributed by atoms with Gasteiger partial charge in [0.05, 0.1) is 5.92 Å². The molecule has 0 bridgehead atoms. The zero-order valence-electron chi connectivity index (χ0n) is 11.8. The Morgan fingerprint density at radius 1 is 1.05 bits per heavy atom. The second-order valence-corrected chi connectivity index (χ2v) is 6.03. The Kier molecular flexibility index (Phi) is 6.76. The molecule has 5 N–H and O–H groups in total. The summed E-state index contributed by atoms with van der Waals surface area (Å²) in [5.41, 5.74) is 11.4. The van der Waals surface area contributed by atoms with Gasteiger partial charge in [-0.3, -0.25) is 9.59 Å². The summed E-state index contributed by atoms with van der Waals surface area (Å²) < 4.78 is 0. The molecule has 0 spiro atoms. The van der Waals surface area contributed by atoms with E-state index in [-0.39, 0.29) is 42.2 Å². The zero-order valence-corrected chi connectivity index (χ0v) is 12.7. The van der Waals surface area contributed by atoms with E-state index in [1.165, 1.54) is 0 Å². The number of carbonyl (C=O) groups is 2. The lowest BCUT2D eigenvalue weighted by molar-refractivity contribution is -0.126. The molecule has 0 radical (unpaired) electrons. The third-order valence-corrected chi connectivity index (χ3v) is 4.64. The first-order valence-electron chi connectivity index (χ1n) is 7.42. The van der Waals surface area contributed by atoms with Crippen molar-refractivity contribution in [3.05, 3.63) is 0 Å². The van der Waals surface area contributed by atoms with Crippen LogP contribution in [0.1, 0.15) is 51.4 Å². The van der Waals surface area contributed by atoms with Crippen LogP contribution in [0.15, 0.2) is 0 Å². The maximum Gasteiger partial charge on any atom is 0.222 e. The topological polar surface area (TPSA) is 98.2 Å². The predicted octanol–water partition coefficient (Wildman–Crippen LogP) is 1.09. The van der Waals surface area contributed by atoms with Crippen molar-refractivity contribution in [3.8, 4) is 0 Å². The molecule has 0 saturated heterocycles. The highest BCUT2D eigenvalue weighted by atomic mass is 35.5. The zero-order chi connectivity index (χ0) is 13.8. The molecule has 6 heteroatoms. The van der Waals surface area contributed by atoms with Crippen LogP contribution in [0.2, 0.25) is 0 Å². The normalized spacial score (nSPS) is 33.2. The van der Waals surface area contributed by atoms with Crippen LogP contribution in [-0.4, -0.2) is 23.9 Å². The summed E-state index contributed by atoms with van der Waals surface area (Å²) in [6, 6.07) is 0.0837. The van der Waals surface area contributed by atoms with Gasteiger partial charge >= 0.3 is 0 Å². The van der Waals surface area contributed by atoms with Crippen LogP contribution in [0.25, 0.3) is 0 Å². The Balaban J connectivity index is 0.00000200. The van der Waals surface area contributed by atoms with Gasteiger partial charge in [0.25, 0.3) is 0 Å². The molecular formula is C14H26ClN3O2. The molecule has 2 aliphatic rings. The van der Waals surface area contributed by atoms with Crippen molar-refractivity contribution in [3.63, 3.8) is 0 Å². The van der Waals surface area contributed by atoms with E-state index < -0.39 is 0 Å². The molecule has 2 saturated carbocycles. The van der Waals surface area contributed by atoms with Crippen LogP contribution in [0.4, 0.5) is 0 Å². The van der Waals surface area contributed by atoms with Gasteiger partial charge in [-0.15, -0.1) is 12.4 Å². The molecular weight excluding hydrogens is 278 g/mol. The number of hydrogen-bond acceptors (Lipinski definition) is 3. The van der Waals surface area contributed by atoms with Crippen molar-refractivity contribution in [1.82, 2.24) is 5.32 Å². The van der Waals surface area contributed by atoms with Crippen molar-refractivity contribution in [1.29, 1.82) is 0 Å². The van der Waals surface area contributed by atoms with Crippen LogP contribution in [0.3, 0.4) is 0 Å². The van der Waals surface area contributed by atoms with Crippen LogP contribution in [0.5, 0.6) is 0 Å². The van der Waals surface area contributed by atoms with Gasteiger partial charge in [-0.05, 0) is 31.6 Å². The molecule has 0 heterocycles. The molecule has 0 aromatic carbocycles. The molecule has 2 aliphatic carbocycles. The largest absolute Gasteiger partial charge is 0.369 e. The number of carbonyl (C=O) groups excluding carboxylic acids is 2. The lowest BCUT2D eigenvalue weighted by Gasteiger charge is -2.30. The number of nitrogens with one attached hydrogen (secondary N) is 1.